The molecule has 1 heterocycles. The van der Waals surface area contributed by atoms with Gasteiger partial charge >= 0.3 is 0 Å². The molecule has 2 rings (SSSR count). The van der Waals surface area contributed by atoms with Crippen LogP contribution in [-0.2, 0) is 12.8 Å². The van der Waals surface area contributed by atoms with Crippen LogP contribution in [0.15, 0.2) is 36.5 Å². The fourth-order valence-corrected chi connectivity index (χ4v) is 2.22. The molecular formula is C15H13ClINO. The van der Waals surface area contributed by atoms with Gasteiger partial charge in [-0.15, -0.1) is 0 Å². The summed E-state index contributed by atoms with van der Waals surface area (Å²) in [6.07, 6.45) is 3.08. The third-order valence-corrected chi connectivity index (χ3v) is 4.45. The normalized spacial score (nSPS) is 10.5. The highest BCUT2D eigenvalue weighted by molar-refractivity contribution is 14.1. The summed E-state index contributed by atoms with van der Waals surface area (Å²) >= 11 is 8.17. The standard InChI is InChI=1S/C15H13ClINO/c1-2-10-3-5-12(18-9-10)8-15(19)11-4-6-14(17)13(16)7-11/h3-7,9H,2,8H2,1H3. The van der Waals surface area contributed by atoms with Crippen molar-refractivity contribution in [1.29, 1.82) is 0 Å². The Labute approximate surface area is 131 Å². The first-order valence-corrected chi connectivity index (χ1v) is 7.48. The van der Waals surface area contributed by atoms with Crippen LogP contribution in [0.1, 0.15) is 28.5 Å². The molecule has 98 valence electrons. The lowest BCUT2D eigenvalue weighted by molar-refractivity contribution is 0.0992. The second-order valence-corrected chi connectivity index (χ2v) is 5.81. The van der Waals surface area contributed by atoms with Crippen LogP contribution in [0.2, 0.25) is 5.02 Å². The molecule has 2 nitrogen and oxygen atoms in total. The van der Waals surface area contributed by atoms with Crippen LogP contribution in [-0.4, -0.2) is 10.8 Å². The molecule has 0 atom stereocenters. The van der Waals surface area contributed by atoms with E-state index in [2.05, 4.69) is 34.5 Å². The number of ketones is 1. The monoisotopic (exact) mass is 385 g/mol. The second kappa shape index (κ2) is 6.48. The highest BCUT2D eigenvalue weighted by Crippen LogP contribution is 2.20. The molecule has 0 aliphatic rings. The van der Waals surface area contributed by atoms with Crippen molar-refractivity contribution in [3.8, 4) is 0 Å². The van der Waals surface area contributed by atoms with Crippen LogP contribution in [0.25, 0.3) is 0 Å². The average molecular weight is 386 g/mol. The molecule has 0 spiro atoms. The summed E-state index contributed by atoms with van der Waals surface area (Å²) in [6, 6.07) is 9.29. The Morgan fingerprint density at radius 2 is 2.11 bits per heavy atom. The first-order chi connectivity index (χ1) is 9.10. The van der Waals surface area contributed by atoms with Gasteiger partial charge in [0.2, 0.25) is 0 Å². The van der Waals surface area contributed by atoms with Crippen molar-refractivity contribution in [2.45, 2.75) is 19.8 Å². The summed E-state index contributed by atoms with van der Waals surface area (Å²) in [5.74, 6) is 0.0371. The van der Waals surface area contributed by atoms with Gasteiger partial charge < -0.3 is 0 Å². The van der Waals surface area contributed by atoms with Gasteiger partial charge in [-0.05, 0) is 52.8 Å². The quantitative estimate of drug-likeness (QED) is 0.579. The van der Waals surface area contributed by atoms with Gasteiger partial charge in [0, 0.05) is 21.0 Å². The van der Waals surface area contributed by atoms with Crippen LogP contribution in [0.3, 0.4) is 0 Å². The topological polar surface area (TPSA) is 30.0 Å². The maximum absolute atomic E-state index is 12.1. The van der Waals surface area contributed by atoms with E-state index in [1.165, 1.54) is 5.56 Å². The zero-order valence-corrected chi connectivity index (χ0v) is 13.4. The number of rotatable bonds is 4. The van der Waals surface area contributed by atoms with Crippen molar-refractivity contribution in [2.75, 3.05) is 0 Å². The SMILES string of the molecule is CCc1ccc(CC(=O)c2ccc(I)c(Cl)c2)nc1. The minimum Gasteiger partial charge on any atom is -0.294 e. The number of halogens is 2. The van der Waals surface area contributed by atoms with E-state index in [1.807, 2.05) is 24.4 Å². The van der Waals surface area contributed by atoms with E-state index in [9.17, 15) is 4.79 Å². The highest BCUT2D eigenvalue weighted by Gasteiger charge is 2.09. The van der Waals surface area contributed by atoms with Gasteiger partial charge in [0.15, 0.2) is 5.78 Å². The van der Waals surface area contributed by atoms with E-state index in [4.69, 9.17) is 11.6 Å². The minimum absolute atomic E-state index is 0.0371. The van der Waals surface area contributed by atoms with Crippen molar-refractivity contribution in [2.24, 2.45) is 0 Å². The molecule has 1 aromatic heterocycles. The molecule has 0 amide bonds. The van der Waals surface area contributed by atoms with Gasteiger partial charge in [0.05, 0.1) is 11.4 Å². The number of carbonyl (C=O) groups excluding carboxylic acids is 1. The molecule has 0 saturated carbocycles. The van der Waals surface area contributed by atoms with E-state index in [0.717, 1.165) is 15.7 Å². The number of carbonyl (C=O) groups is 1. The summed E-state index contributed by atoms with van der Waals surface area (Å²) in [6.45, 7) is 2.08. The Kier molecular flexibility index (Phi) is 4.93. The highest BCUT2D eigenvalue weighted by atomic mass is 127. The third-order valence-electron chi connectivity index (χ3n) is 2.88. The van der Waals surface area contributed by atoms with Crippen LogP contribution >= 0.6 is 34.2 Å². The fraction of sp³-hybridized carbons (Fsp3) is 0.200. The lowest BCUT2D eigenvalue weighted by atomic mass is 10.1. The lowest BCUT2D eigenvalue weighted by Gasteiger charge is -2.04. The second-order valence-electron chi connectivity index (χ2n) is 4.24. The first kappa shape index (κ1) is 14.5. The third kappa shape index (κ3) is 3.76. The zero-order valence-electron chi connectivity index (χ0n) is 10.5. The number of hydrogen-bond donors (Lipinski definition) is 0. The van der Waals surface area contributed by atoms with Crippen molar-refractivity contribution in [1.82, 2.24) is 4.98 Å². The summed E-state index contributed by atoms with van der Waals surface area (Å²) in [5, 5.41) is 0.612. The van der Waals surface area contributed by atoms with Crippen LogP contribution in [0.4, 0.5) is 0 Å². The summed E-state index contributed by atoms with van der Waals surface area (Å²) in [7, 11) is 0. The van der Waals surface area contributed by atoms with Gasteiger partial charge in [-0.25, -0.2) is 0 Å². The molecule has 0 aliphatic heterocycles. The molecule has 2 aromatic rings. The van der Waals surface area contributed by atoms with Crippen LogP contribution < -0.4 is 0 Å². The van der Waals surface area contributed by atoms with E-state index in [0.29, 0.717) is 17.0 Å². The molecule has 0 unspecified atom stereocenters. The zero-order chi connectivity index (χ0) is 13.8. The molecule has 4 heteroatoms. The van der Waals surface area contributed by atoms with Gasteiger partial charge in [0.25, 0.3) is 0 Å². The number of benzene rings is 1. The maximum Gasteiger partial charge on any atom is 0.168 e. The Bertz CT molecular complexity index is 596. The molecular weight excluding hydrogens is 373 g/mol. The maximum atomic E-state index is 12.1. The largest absolute Gasteiger partial charge is 0.294 e. The van der Waals surface area contributed by atoms with Gasteiger partial charge in [-0.2, -0.15) is 0 Å². The number of nitrogens with zero attached hydrogens (tertiary/aromatic N) is 1. The predicted octanol–water partition coefficient (Wildman–Crippen LogP) is 4.33. The molecule has 0 aliphatic carbocycles. The molecule has 1 aromatic carbocycles. The summed E-state index contributed by atoms with van der Waals surface area (Å²) < 4.78 is 0.946. The van der Waals surface area contributed by atoms with Crippen molar-refractivity contribution in [3.05, 3.63) is 61.9 Å². The van der Waals surface area contributed by atoms with Gasteiger partial charge in [-0.1, -0.05) is 30.7 Å². The average Bonchev–Trinajstić information content (AvgIpc) is 2.42. The smallest absolute Gasteiger partial charge is 0.168 e. The first-order valence-electron chi connectivity index (χ1n) is 6.02. The van der Waals surface area contributed by atoms with Gasteiger partial charge in [0.1, 0.15) is 0 Å². The molecule has 0 N–H and O–H groups in total. The Morgan fingerprint density at radius 1 is 1.32 bits per heavy atom. The summed E-state index contributed by atoms with van der Waals surface area (Å²) in [4.78, 5) is 16.4. The number of aryl methyl sites for hydroxylation is 1. The predicted molar refractivity (Wildman–Crippen MR) is 85.8 cm³/mol. The molecule has 0 radical (unpaired) electrons. The van der Waals surface area contributed by atoms with Crippen LogP contribution in [0.5, 0.6) is 0 Å². The minimum atomic E-state index is 0.0371. The van der Waals surface area contributed by atoms with E-state index >= 15 is 0 Å². The van der Waals surface area contributed by atoms with E-state index in [1.54, 1.807) is 12.1 Å². The lowest BCUT2D eigenvalue weighted by Crippen LogP contribution is -2.05. The van der Waals surface area contributed by atoms with Gasteiger partial charge in [-0.3, -0.25) is 9.78 Å². The summed E-state index contributed by atoms with van der Waals surface area (Å²) in [5.41, 5.74) is 2.59. The van der Waals surface area contributed by atoms with E-state index in [-0.39, 0.29) is 5.78 Å². The van der Waals surface area contributed by atoms with E-state index < -0.39 is 0 Å². The molecule has 19 heavy (non-hydrogen) atoms. The van der Waals surface area contributed by atoms with Crippen molar-refractivity contribution >= 4 is 40.0 Å². The number of hydrogen-bond acceptors (Lipinski definition) is 2. The number of aromatic nitrogens is 1. The Morgan fingerprint density at radius 3 is 2.68 bits per heavy atom. The molecule has 0 bridgehead atoms. The number of Topliss-reactive ketones (excluding diaryl/α,β-unsaturated/α-hetero) is 1. The van der Waals surface area contributed by atoms with Crippen LogP contribution in [0, 0.1) is 3.57 Å². The van der Waals surface area contributed by atoms with Crippen molar-refractivity contribution in [3.63, 3.8) is 0 Å². The fourth-order valence-electron chi connectivity index (χ4n) is 1.70. The number of pyridine rings is 1. The Hall–Kier alpha value is -0.940. The molecule has 0 saturated heterocycles. The van der Waals surface area contributed by atoms with Crippen molar-refractivity contribution < 1.29 is 4.79 Å². The Balaban J connectivity index is 2.13. The molecule has 0 fully saturated rings.